The van der Waals surface area contributed by atoms with Crippen LogP contribution in [0.5, 0.6) is 5.75 Å². The van der Waals surface area contributed by atoms with Crippen LogP contribution in [0.2, 0.25) is 0 Å². The predicted molar refractivity (Wildman–Crippen MR) is 48.5 cm³/mol. The zero-order valence-corrected chi connectivity index (χ0v) is 6.95. The Bertz CT molecular complexity index is 391. The molecule has 0 spiro atoms. The van der Waals surface area contributed by atoms with Gasteiger partial charge in [0.2, 0.25) is 0 Å². The number of halogens is 1. The standard InChI is InChI=1S/C8H6N2O.ClH/c11-6-4-8-7(10-5-6)2-1-3-9-8;/h1-5,11H;1H. The third-order valence-corrected chi connectivity index (χ3v) is 1.44. The summed E-state index contributed by atoms with van der Waals surface area (Å²) in [5.74, 6) is 0.149. The van der Waals surface area contributed by atoms with Gasteiger partial charge in [-0.15, -0.1) is 12.4 Å². The van der Waals surface area contributed by atoms with Crippen LogP contribution in [-0.4, -0.2) is 15.1 Å². The Kier molecular flexibility index (Phi) is 2.45. The van der Waals surface area contributed by atoms with E-state index >= 15 is 0 Å². The second kappa shape index (κ2) is 3.36. The molecule has 12 heavy (non-hydrogen) atoms. The molecule has 0 aliphatic heterocycles. The maximum absolute atomic E-state index is 9.03. The quantitative estimate of drug-likeness (QED) is 0.675. The Hall–Kier alpha value is -1.35. The first-order chi connectivity index (χ1) is 5.36. The fourth-order valence-corrected chi connectivity index (χ4v) is 0.942. The van der Waals surface area contributed by atoms with Crippen LogP contribution in [0.4, 0.5) is 0 Å². The lowest BCUT2D eigenvalue weighted by atomic mass is 10.3. The van der Waals surface area contributed by atoms with Gasteiger partial charge in [-0.1, -0.05) is 0 Å². The highest BCUT2D eigenvalue weighted by Gasteiger charge is 1.94. The molecular weight excluding hydrogens is 176 g/mol. The molecule has 1 N–H and O–H groups in total. The maximum Gasteiger partial charge on any atom is 0.136 e. The highest BCUT2D eigenvalue weighted by atomic mass is 35.5. The fourth-order valence-electron chi connectivity index (χ4n) is 0.942. The lowest BCUT2D eigenvalue weighted by Gasteiger charge is -1.94. The van der Waals surface area contributed by atoms with Gasteiger partial charge in [0, 0.05) is 12.3 Å². The smallest absolute Gasteiger partial charge is 0.136 e. The molecule has 2 heterocycles. The third kappa shape index (κ3) is 1.46. The number of rotatable bonds is 0. The van der Waals surface area contributed by atoms with Crippen LogP contribution in [0.1, 0.15) is 0 Å². The summed E-state index contributed by atoms with van der Waals surface area (Å²) in [6, 6.07) is 5.25. The largest absolute Gasteiger partial charge is 0.506 e. The first kappa shape index (κ1) is 8.74. The van der Waals surface area contributed by atoms with Crippen molar-refractivity contribution in [2.24, 2.45) is 0 Å². The van der Waals surface area contributed by atoms with Crippen molar-refractivity contribution in [2.45, 2.75) is 0 Å². The van der Waals surface area contributed by atoms with Crippen LogP contribution >= 0.6 is 12.4 Å². The van der Waals surface area contributed by atoms with E-state index in [4.69, 9.17) is 5.11 Å². The number of nitrogens with zero attached hydrogens (tertiary/aromatic N) is 2. The predicted octanol–water partition coefficient (Wildman–Crippen LogP) is 1.76. The molecule has 62 valence electrons. The number of aromatic nitrogens is 2. The average molecular weight is 183 g/mol. The Labute approximate surface area is 75.5 Å². The van der Waals surface area contributed by atoms with E-state index in [0.717, 1.165) is 5.52 Å². The first-order valence-electron chi connectivity index (χ1n) is 3.26. The van der Waals surface area contributed by atoms with Gasteiger partial charge in [0.25, 0.3) is 0 Å². The highest BCUT2D eigenvalue weighted by molar-refractivity contribution is 5.85. The van der Waals surface area contributed by atoms with Crippen molar-refractivity contribution in [2.75, 3.05) is 0 Å². The molecule has 2 aromatic heterocycles. The molecule has 0 aliphatic carbocycles. The summed E-state index contributed by atoms with van der Waals surface area (Å²) in [7, 11) is 0. The molecular formula is C8H7ClN2O. The zero-order valence-electron chi connectivity index (χ0n) is 6.14. The second-order valence-corrected chi connectivity index (χ2v) is 2.24. The van der Waals surface area contributed by atoms with Crippen LogP contribution in [0, 0.1) is 0 Å². The van der Waals surface area contributed by atoms with Crippen LogP contribution in [-0.2, 0) is 0 Å². The number of pyridine rings is 2. The minimum absolute atomic E-state index is 0. The molecule has 0 saturated heterocycles. The van der Waals surface area contributed by atoms with Gasteiger partial charge < -0.3 is 5.11 Å². The molecule has 0 bridgehead atoms. The summed E-state index contributed by atoms with van der Waals surface area (Å²) in [5, 5.41) is 9.03. The topological polar surface area (TPSA) is 46.0 Å². The minimum atomic E-state index is 0. The van der Waals surface area contributed by atoms with Gasteiger partial charge in [0.05, 0.1) is 17.2 Å². The van der Waals surface area contributed by atoms with Crippen molar-refractivity contribution in [3.8, 4) is 5.75 Å². The summed E-state index contributed by atoms with van der Waals surface area (Å²) in [6.07, 6.45) is 3.08. The van der Waals surface area contributed by atoms with E-state index in [9.17, 15) is 0 Å². The molecule has 4 heteroatoms. The number of hydrogen-bond donors (Lipinski definition) is 1. The Balaban J connectivity index is 0.000000720. The van der Waals surface area contributed by atoms with Crippen LogP contribution in [0.3, 0.4) is 0 Å². The lowest BCUT2D eigenvalue weighted by molar-refractivity contribution is 0.473. The number of hydrogen-bond acceptors (Lipinski definition) is 3. The van der Waals surface area contributed by atoms with Crippen LogP contribution in [0.25, 0.3) is 11.0 Å². The minimum Gasteiger partial charge on any atom is -0.506 e. The Morgan fingerprint density at radius 2 is 2.00 bits per heavy atom. The summed E-state index contributed by atoms with van der Waals surface area (Å²) < 4.78 is 0. The first-order valence-corrected chi connectivity index (χ1v) is 3.26. The zero-order chi connectivity index (χ0) is 7.68. The molecule has 0 saturated carbocycles. The van der Waals surface area contributed by atoms with Gasteiger partial charge in [-0.25, -0.2) is 0 Å². The van der Waals surface area contributed by atoms with Gasteiger partial charge >= 0.3 is 0 Å². The monoisotopic (exact) mass is 182 g/mol. The second-order valence-electron chi connectivity index (χ2n) is 2.24. The van der Waals surface area contributed by atoms with Gasteiger partial charge in [-0.3, -0.25) is 9.97 Å². The van der Waals surface area contributed by atoms with E-state index in [-0.39, 0.29) is 18.2 Å². The highest BCUT2D eigenvalue weighted by Crippen LogP contribution is 2.13. The van der Waals surface area contributed by atoms with Gasteiger partial charge in [-0.05, 0) is 12.1 Å². The Morgan fingerprint density at radius 3 is 2.83 bits per heavy atom. The van der Waals surface area contributed by atoms with Gasteiger partial charge in [0.1, 0.15) is 5.75 Å². The third-order valence-electron chi connectivity index (χ3n) is 1.44. The molecule has 0 fully saturated rings. The van der Waals surface area contributed by atoms with Crippen LogP contribution in [0.15, 0.2) is 30.6 Å². The lowest BCUT2D eigenvalue weighted by Crippen LogP contribution is -1.79. The van der Waals surface area contributed by atoms with E-state index in [1.165, 1.54) is 6.20 Å². The van der Waals surface area contributed by atoms with Gasteiger partial charge in [0.15, 0.2) is 0 Å². The fraction of sp³-hybridized carbons (Fsp3) is 0. The molecule has 0 amide bonds. The van der Waals surface area contributed by atoms with Crippen molar-refractivity contribution in [3.63, 3.8) is 0 Å². The number of aromatic hydroxyl groups is 1. The number of fused-ring (bicyclic) bond motifs is 1. The van der Waals surface area contributed by atoms with Crippen molar-refractivity contribution in [1.82, 2.24) is 9.97 Å². The van der Waals surface area contributed by atoms with E-state index in [2.05, 4.69) is 9.97 Å². The van der Waals surface area contributed by atoms with Crippen molar-refractivity contribution in [1.29, 1.82) is 0 Å². The summed E-state index contributed by atoms with van der Waals surface area (Å²) in [6.45, 7) is 0. The SMILES string of the molecule is Cl.Oc1cnc2cccnc2c1. The van der Waals surface area contributed by atoms with Gasteiger partial charge in [-0.2, -0.15) is 0 Å². The molecule has 2 aromatic rings. The molecule has 3 nitrogen and oxygen atoms in total. The molecule has 0 radical (unpaired) electrons. The van der Waals surface area contributed by atoms with E-state index in [1.54, 1.807) is 12.3 Å². The van der Waals surface area contributed by atoms with E-state index in [1.807, 2.05) is 12.1 Å². The summed E-state index contributed by atoms with van der Waals surface area (Å²) >= 11 is 0. The molecule has 0 aliphatic rings. The normalized spacial score (nSPS) is 9.33. The molecule has 2 rings (SSSR count). The summed E-state index contributed by atoms with van der Waals surface area (Å²) in [5.41, 5.74) is 1.51. The maximum atomic E-state index is 9.03. The average Bonchev–Trinajstić information content (AvgIpc) is 2.04. The molecule has 0 aromatic carbocycles. The van der Waals surface area contributed by atoms with Crippen molar-refractivity contribution < 1.29 is 5.11 Å². The van der Waals surface area contributed by atoms with Crippen LogP contribution < -0.4 is 0 Å². The Morgan fingerprint density at radius 1 is 1.17 bits per heavy atom. The molecule has 0 atom stereocenters. The van der Waals surface area contributed by atoms with E-state index in [0.29, 0.717) is 5.52 Å². The van der Waals surface area contributed by atoms with Crippen molar-refractivity contribution >= 4 is 23.4 Å². The van der Waals surface area contributed by atoms with E-state index < -0.39 is 0 Å². The molecule has 0 unspecified atom stereocenters. The summed E-state index contributed by atoms with van der Waals surface area (Å²) in [4.78, 5) is 7.99. The van der Waals surface area contributed by atoms with Crippen molar-refractivity contribution in [3.05, 3.63) is 30.6 Å².